The van der Waals surface area contributed by atoms with Crippen LogP contribution in [-0.2, 0) is 4.74 Å². The minimum atomic E-state index is -0.478. The fraction of sp³-hybridized carbons (Fsp3) is 0.462. The molecular formula is C13H17BrFNO2. The number of ether oxygens (including phenoxy) is 1. The molecule has 18 heavy (non-hydrogen) atoms. The van der Waals surface area contributed by atoms with Crippen LogP contribution in [0.3, 0.4) is 0 Å². The molecular weight excluding hydrogens is 301 g/mol. The van der Waals surface area contributed by atoms with Gasteiger partial charge in [-0.05, 0) is 24.6 Å². The number of aryl methyl sites for hydroxylation is 1. The van der Waals surface area contributed by atoms with Crippen LogP contribution in [0.5, 0.6) is 0 Å². The highest BCUT2D eigenvalue weighted by atomic mass is 79.9. The molecule has 1 rings (SSSR count). The molecule has 1 aromatic carbocycles. The normalized spacial score (nSPS) is 10.4. The minimum Gasteiger partial charge on any atom is -0.379 e. The van der Waals surface area contributed by atoms with Gasteiger partial charge < -0.3 is 9.64 Å². The fourth-order valence-electron chi connectivity index (χ4n) is 1.46. The first kappa shape index (κ1) is 15.1. The third-order valence-electron chi connectivity index (χ3n) is 2.49. The maximum Gasteiger partial charge on any atom is 0.256 e. The van der Waals surface area contributed by atoms with Crippen molar-refractivity contribution in [2.75, 3.05) is 32.1 Å². The first-order valence-corrected chi connectivity index (χ1v) is 6.83. The summed E-state index contributed by atoms with van der Waals surface area (Å²) in [4.78, 5) is 13.4. The van der Waals surface area contributed by atoms with E-state index in [9.17, 15) is 9.18 Å². The number of alkyl halides is 1. The van der Waals surface area contributed by atoms with Crippen molar-refractivity contribution < 1.29 is 13.9 Å². The molecule has 1 aromatic rings. The predicted octanol–water partition coefficient (Wildman–Crippen LogP) is 2.62. The monoisotopic (exact) mass is 317 g/mol. The molecule has 0 bridgehead atoms. The molecule has 0 unspecified atom stereocenters. The minimum absolute atomic E-state index is 0.101. The van der Waals surface area contributed by atoms with E-state index >= 15 is 0 Å². The molecule has 0 saturated carbocycles. The lowest BCUT2D eigenvalue weighted by atomic mass is 10.1. The number of nitrogens with zero attached hydrogens (tertiary/aromatic N) is 1. The van der Waals surface area contributed by atoms with Gasteiger partial charge in [-0.3, -0.25) is 4.79 Å². The van der Waals surface area contributed by atoms with E-state index in [0.29, 0.717) is 19.8 Å². The second-order valence-electron chi connectivity index (χ2n) is 4.01. The predicted molar refractivity (Wildman–Crippen MR) is 72.7 cm³/mol. The molecule has 1 amide bonds. The largest absolute Gasteiger partial charge is 0.379 e. The first-order chi connectivity index (χ1) is 8.56. The molecule has 0 aliphatic carbocycles. The van der Waals surface area contributed by atoms with Gasteiger partial charge in [-0.2, -0.15) is 0 Å². The summed E-state index contributed by atoms with van der Waals surface area (Å²) in [7, 11) is 1.64. The summed E-state index contributed by atoms with van der Waals surface area (Å²) in [5, 5.41) is 0.761. The Hall–Kier alpha value is -0.940. The van der Waals surface area contributed by atoms with Crippen molar-refractivity contribution in [3.05, 3.63) is 35.1 Å². The topological polar surface area (TPSA) is 29.5 Å². The van der Waals surface area contributed by atoms with Crippen molar-refractivity contribution in [3.8, 4) is 0 Å². The Labute approximate surface area is 115 Å². The standard InChI is InChI=1S/C13H17BrFNO2/c1-10-3-4-11(12(15)9-10)13(17)16(2)6-8-18-7-5-14/h3-4,9H,5-8H2,1-2H3. The molecule has 5 heteroatoms. The second kappa shape index (κ2) is 7.48. The smallest absolute Gasteiger partial charge is 0.256 e. The van der Waals surface area contributed by atoms with Gasteiger partial charge in [-0.15, -0.1) is 0 Å². The molecule has 0 radical (unpaired) electrons. The average molecular weight is 318 g/mol. The second-order valence-corrected chi connectivity index (χ2v) is 4.80. The highest BCUT2D eigenvalue weighted by Gasteiger charge is 2.15. The summed E-state index contributed by atoms with van der Waals surface area (Å²) < 4.78 is 18.9. The Balaban J connectivity index is 2.57. The molecule has 0 aromatic heterocycles. The van der Waals surface area contributed by atoms with E-state index in [1.165, 1.54) is 17.0 Å². The first-order valence-electron chi connectivity index (χ1n) is 5.71. The number of hydrogen-bond acceptors (Lipinski definition) is 2. The number of carbonyl (C=O) groups is 1. The molecule has 100 valence electrons. The van der Waals surface area contributed by atoms with E-state index in [0.717, 1.165) is 10.9 Å². The Morgan fingerprint density at radius 3 is 2.78 bits per heavy atom. The van der Waals surface area contributed by atoms with Crippen molar-refractivity contribution in [1.82, 2.24) is 4.90 Å². The van der Waals surface area contributed by atoms with Gasteiger partial charge in [0, 0.05) is 18.9 Å². The zero-order valence-corrected chi connectivity index (χ0v) is 12.2. The molecule has 0 spiro atoms. The maximum absolute atomic E-state index is 13.6. The Kier molecular flexibility index (Phi) is 6.29. The van der Waals surface area contributed by atoms with Crippen LogP contribution in [-0.4, -0.2) is 42.9 Å². The number of benzene rings is 1. The number of carbonyl (C=O) groups excluding carboxylic acids is 1. The Morgan fingerprint density at radius 1 is 1.44 bits per heavy atom. The summed E-state index contributed by atoms with van der Waals surface area (Å²) in [5.41, 5.74) is 0.899. The maximum atomic E-state index is 13.6. The number of halogens is 2. The molecule has 0 N–H and O–H groups in total. The molecule has 0 atom stereocenters. The molecule has 0 aliphatic rings. The van der Waals surface area contributed by atoms with Crippen LogP contribution in [0.15, 0.2) is 18.2 Å². The highest BCUT2D eigenvalue weighted by Crippen LogP contribution is 2.11. The van der Waals surface area contributed by atoms with Crippen LogP contribution in [0.4, 0.5) is 4.39 Å². The molecule has 0 heterocycles. The van der Waals surface area contributed by atoms with Crippen LogP contribution in [0, 0.1) is 12.7 Å². The summed E-state index contributed by atoms with van der Waals surface area (Å²) in [6, 6.07) is 4.61. The van der Waals surface area contributed by atoms with Crippen molar-refractivity contribution in [1.29, 1.82) is 0 Å². The summed E-state index contributed by atoms with van der Waals surface area (Å²) in [6.07, 6.45) is 0. The number of amides is 1. The zero-order valence-electron chi connectivity index (χ0n) is 10.6. The number of hydrogen-bond donors (Lipinski definition) is 0. The third-order valence-corrected chi connectivity index (χ3v) is 2.82. The van der Waals surface area contributed by atoms with Crippen LogP contribution in [0.25, 0.3) is 0 Å². The lowest BCUT2D eigenvalue weighted by Gasteiger charge is -2.17. The van der Waals surface area contributed by atoms with E-state index in [4.69, 9.17) is 4.74 Å². The lowest BCUT2D eigenvalue weighted by Crippen LogP contribution is -2.31. The van der Waals surface area contributed by atoms with Crippen LogP contribution >= 0.6 is 15.9 Å². The van der Waals surface area contributed by atoms with Gasteiger partial charge in [0.15, 0.2) is 0 Å². The van der Waals surface area contributed by atoms with E-state index in [1.807, 2.05) is 0 Å². The van der Waals surface area contributed by atoms with Crippen molar-refractivity contribution in [3.63, 3.8) is 0 Å². The molecule has 0 fully saturated rings. The molecule has 0 aliphatic heterocycles. The molecule has 3 nitrogen and oxygen atoms in total. The zero-order chi connectivity index (χ0) is 13.5. The Morgan fingerprint density at radius 2 is 2.17 bits per heavy atom. The van der Waals surface area contributed by atoms with Gasteiger partial charge in [0.25, 0.3) is 5.91 Å². The fourth-order valence-corrected chi connectivity index (χ4v) is 1.69. The van der Waals surface area contributed by atoms with Crippen LogP contribution < -0.4 is 0 Å². The molecule has 0 saturated heterocycles. The van der Waals surface area contributed by atoms with E-state index in [-0.39, 0.29) is 11.5 Å². The van der Waals surface area contributed by atoms with Gasteiger partial charge in [0.2, 0.25) is 0 Å². The SMILES string of the molecule is Cc1ccc(C(=O)N(C)CCOCCBr)c(F)c1. The Bertz CT molecular complexity index is 412. The van der Waals surface area contributed by atoms with Crippen molar-refractivity contribution in [2.24, 2.45) is 0 Å². The highest BCUT2D eigenvalue weighted by molar-refractivity contribution is 9.09. The number of likely N-dealkylation sites (N-methyl/N-ethyl adjacent to an activating group) is 1. The lowest BCUT2D eigenvalue weighted by molar-refractivity contribution is 0.0709. The van der Waals surface area contributed by atoms with Gasteiger partial charge in [-0.25, -0.2) is 4.39 Å². The summed E-state index contributed by atoms with van der Waals surface area (Å²) in [6.45, 7) is 3.27. The van der Waals surface area contributed by atoms with Crippen molar-refractivity contribution in [2.45, 2.75) is 6.92 Å². The van der Waals surface area contributed by atoms with Gasteiger partial charge in [0.05, 0.1) is 18.8 Å². The third kappa shape index (κ3) is 4.38. The van der Waals surface area contributed by atoms with Crippen LogP contribution in [0.1, 0.15) is 15.9 Å². The van der Waals surface area contributed by atoms with E-state index in [2.05, 4.69) is 15.9 Å². The van der Waals surface area contributed by atoms with E-state index < -0.39 is 5.82 Å². The van der Waals surface area contributed by atoms with Crippen LogP contribution in [0.2, 0.25) is 0 Å². The summed E-state index contributed by atoms with van der Waals surface area (Å²) in [5.74, 6) is -0.803. The van der Waals surface area contributed by atoms with Gasteiger partial charge >= 0.3 is 0 Å². The summed E-state index contributed by atoms with van der Waals surface area (Å²) >= 11 is 3.24. The average Bonchev–Trinajstić information content (AvgIpc) is 2.33. The van der Waals surface area contributed by atoms with Gasteiger partial charge in [-0.1, -0.05) is 22.0 Å². The quantitative estimate of drug-likeness (QED) is 0.596. The van der Waals surface area contributed by atoms with Crippen molar-refractivity contribution >= 4 is 21.8 Å². The van der Waals surface area contributed by atoms with E-state index in [1.54, 1.807) is 20.0 Å². The van der Waals surface area contributed by atoms with Gasteiger partial charge in [0.1, 0.15) is 5.82 Å². The number of rotatable bonds is 6.